The molecule has 0 atom stereocenters. The molecule has 0 aromatic carbocycles. The largest absolute Gasteiger partial charge is 0.494 e. The molecule has 0 aliphatic rings. The molecule has 0 bridgehead atoms. The van der Waals surface area contributed by atoms with Gasteiger partial charge in [-0.2, -0.15) is 0 Å². The zero-order valence-corrected chi connectivity index (χ0v) is 25.1. The fraction of sp³-hybridized carbons (Fsp3) is 0.571. The molecule has 0 spiro atoms. The molecule has 0 unspecified atom stereocenters. The number of aliphatic hydroxyl groups excluding tert-OH is 3. The molecule has 13 nitrogen and oxygen atoms in total. The van der Waals surface area contributed by atoms with Crippen LogP contribution in [0.3, 0.4) is 0 Å². The Hall–Kier alpha value is -3.30. The average Bonchev–Trinajstić information content (AvgIpc) is 3.50. The minimum absolute atomic E-state index is 0.0726. The van der Waals surface area contributed by atoms with Crippen molar-refractivity contribution < 1.29 is 50.4 Å². The number of hydrogen-bond acceptors (Lipinski definition) is 10. The molecule has 0 aliphatic heterocycles. The van der Waals surface area contributed by atoms with E-state index in [9.17, 15) is 46.0 Å². The van der Waals surface area contributed by atoms with Gasteiger partial charge in [-0.25, -0.2) is 0 Å². The number of aliphatic hydroxyl groups is 3. The van der Waals surface area contributed by atoms with Crippen LogP contribution in [-0.2, 0) is 43.3 Å². The molecule has 236 valence electrons. The maximum atomic E-state index is 10.5. The minimum atomic E-state index is -2.42. The topological polar surface area (TPSA) is 206 Å². The Balaban J connectivity index is 1.72. The lowest BCUT2D eigenvalue weighted by Crippen LogP contribution is -2.37. The van der Waals surface area contributed by atoms with E-state index in [1.165, 1.54) is 31.9 Å². The summed E-state index contributed by atoms with van der Waals surface area (Å²) in [6.07, 6.45) is 3.50. The normalized spacial score (nSPS) is 12.0. The van der Waals surface area contributed by atoms with Gasteiger partial charge in [0.1, 0.15) is 0 Å². The summed E-state index contributed by atoms with van der Waals surface area (Å²) in [5, 5.41) is 89.4. The van der Waals surface area contributed by atoms with Gasteiger partial charge in [0.25, 0.3) is 0 Å². The molecule has 3 rings (SSSR count). The predicted molar refractivity (Wildman–Crippen MR) is 157 cm³/mol. The number of rotatable bonds is 19. The van der Waals surface area contributed by atoms with Crippen LogP contribution in [0.4, 0.5) is 0 Å². The van der Waals surface area contributed by atoms with Crippen LogP contribution in [-0.4, -0.2) is 94.9 Å². The van der Waals surface area contributed by atoms with Crippen molar-refractivity contribution in [3.63, 3.8) is 0 Å². The lowest BCUT2D eigenvalue weighted by molar-refractivity contribution is 0.256. The fourth-order valence-electron chi connectivity index (χ4n) is 5.74. The predicted octanol–water partition coefficient (Wildman–Crippen LogP) is 2.09. The van der Waals surface area contributed by atoms with E-state index >= 15 is 0 Å². The zero-order chi connectivity index (χ0) is 30.9. The van der Waals surface area contributed by atoms with Crippen LogP contribution in [0.25, 0.3) is 0 Å². The highest BCUT2D eigenvalue weighted by atomic mass is 28.4. The van der Waals surface area contributed by atoms with E-state index in [0.29, 0.717) is 55.2 Å². The summed E-state index contributed by atoms with van der Waals surface area (Å²) < 4.78 is 10.0. The molecule has 3 aromatic rings. The molecule has 0 radical (unpaired) electrons. The van der Waals surface area contributed by atoms with E-state index < -0.39 is 8.32 Å². The second kappa shape index (κ2) is 15.2. The van der Waals surface area contributed by atoms with Gasteiger partial charge in [0, 0.05) is 42.0 Å². The van der Waals surface area contributed by atoms with Crippen molar-refractivity contribution in [3.05, 3.63) is 34.9 Å². The van der Waals surface area contributed by atoms with Crippen LogP contribution in [0.1, 0.15) is 36.0 Å². The van der Waals surface area contributed by atoms with Crippen LogP contribution in [0.15, 0.2) is 18.2 Å². The van der Waals surface area contributed by atoms with Crippen LogP contribution >= 0.6 is 0 Å². The summed E-state index contributed by atoms with van der Waals surface area (Å²) in [7, 11) is -0.732. The Kier molecular flexibility index (Phi) is 12.1. The standard InChI is InChI=1S/C28H45N3O10Si/c1-41-42(14-2-5-20-17-23(35)29(8-11-32)26(20)38,15-3-6-21-18-24(36)30(9-12-33)27(21)39)16-4-7-22-19-25(37)31(10-13-34)28(22)40/h17-19,32-40H,2-16H2,1H3. The van der Waals surface area contributed by atoms with Crippen molar-refractivity contribution in [1.29, 1.82) is 0 Å². The van der Waals surface area contributed by atoms with Gasteiger partial charge in [-0.3, -0.25) is 13.7 Å². The van der Waals surface area contributed by atoms with Gasteiger partial charge < -0.3 is 50.4 Å². The molecular formula is C28H45N3O10Si. The molecule has 3 heterocycles. The summed E-state index contributed by atoms with van der Waals surface area (Å²) >= 11 is 0. The molecule has 3 aromatic heterocycles. The maximum absolute atomic E-state index is 10.5. The smallest absolute Gasteiger partial charge is 0.197 e. The van der Waals surface area contributed by atoms with Gasteiger partial charge in [0.15, 0.2) is 43.6 Å². The zero-order valence-electron chi connectivity index (χ0n) is 24.1. The van der Waals surface area contributed by atoms with Gasteiger partial charge in [-0.1, -0.05) is 0 Å². The highest BCUT2D eigenvalue weighted by Gasteiger charge is 2.33. The minimum Gasteiger partial charge on any atom is -0.494 e. The lowest BCUT2D eigenvalue weighted by Gasteiger charge is -2.30. The number of aryl methyl sites for hydroxylation is 3. The first-order valence-corrected chi connectivity index (χ1v) is 16.8. The van der Waals surface area contributed by atoms with Crippen molar-refractivity contribution in [3.8, 4) is 35.3 Å². The van der Waals surface area contributed by atoms with Gasteiger partial charge in [0.2, 0.25) is 0 Å². The van der Waals surface area contributed by atoms with Crippen LogP contribution in [0.2, 0.25) is 18.1 Å². The molecule has 0 fully saturated rings. The Morgan fingerprint density at radius 1 is 0.548 bits per heavy atom. The van der Waals surface area contributed by atoms with Crippen molar-refractivity contribution in [2.45, 2.75) is 76.3 Å². The van der Waals surface area contributed by atoms with E-state index in [4.69, 9.17) is 4.43 Å². The number of hydrogen-bond donors (Lipinski definition) is 9. The van der Waals surface area contributed by atoms with Gasteiger partial charge in [-0.05, 0) is 56.7 Å². The first kappa shape index (κ1) is 33.2. The van der Waals surface area contributed by atoms with Crippen molar-refractivity contribution >= 4 is 8.32 Å². The number of aromatic hydroxyl groups is 6. The summed E-state index contributed by atoms with van der Waals surface area (Å²) in [4.78, 5) is 0. The molecule has 14 heteroatoms. The van der Waals surface area contributed by atoms with Gasteiger partial charge in [0.05, 0.1) is 39.5 Å². The first-order valence-electron chi connectivity index (χ1n) is 14.3. The summed E-state index contributed by atoms with van der Waals surface area (Å²) in [5.74, 6) is -0.553. The second-order valence-corrected chi connectivity index (χ2v) is 14.9. The number of aromatic nitrogens is 3. The third-order valence-electron chi connectivity index (χ3n) is 8.01. The van der Waals surface area contributed by atoms with Crippen molar-refractivity contribution in [1.82, 2.24) is 13.7 Å². The summed E-state index contributed by atoms with van der Waals surface area (Å²) in [6.45, 7) is -0.412. The van der Waals surface area contributed by atoms with Crippen molar-refractivity contribution in [2.75, 3.05) is 26.9 Å². The van der Waals surface area contributed by atoms with E-state index in [0.717, 1.165) is 18.1 Å². The van der Waals surface area contributed by atoms with E-state index in [1.54, 1.807) is 7.11 Å². The van der Waals surface area contributed by atoms with Crippen LogP contribution in [0.5, 0.6) is 35.3 Å². The SMILES string of the molecule is CO[Si](CCCc1cc(O)n(CCO)c1O)(CCCc1cc(O)n(CCO)c1O)CCCc1cc(O)n(CCO)c1O. The molecule has 0 aliphatic carbocycles. The Morgan fingerprint density at radius 2 is 0.833 bits per heavy atom. The summed E-state index contributed by atoms with van der Waals surface area (Å²) in [5.41, 5.74) is 1.74. The lowest BCUT2D eigenvalue weighted by atomic mass is 10.2. The molecule has 0 amide bonds. The molecule has 0 saturated heterocycles. The van der Waals surface area contributed by atoms with Gasteiger partial charge >= 0.3 is 0 Å². The number of nitrogens with zero attached hydrogens (tertiary/aromatic N) is 3. The quantitative estimate of drug-likeness (QED) is 0.0902. The van der Waals surface area contributed by atoms with Gasteiger partial charge in [-0.15, -0.1) is 0 Å². The third kappa shape index (κ3) is 7.75. The monoisotopic (exact) mass is 611 g/mol. The molecule has 9 N–H and O–H groups in total. The Labute approximate surface area is 245 Å². The Bertz CT molecular complexity index is 1130. The summed E-state index contributed by atoms with van der Waals surface area (Å²) in [6, 6.07) is 6.71. The molecular weight excluding hydrogens is 566 g/mol. The van der Waals surface area contributed by atoms with Crippen molar-refractivity contribution in [2.24, 2.45) is 0 Å². The first-order chi connectivity index (χ1) is 20.1. The molecule has 0 saturated carbocycles. The van der Waals surface area contributed by atoms with E-state index in [-0.39, 0.29) is 74.7 Å². The van der Waals surface area contributed by atoms with Crippen LogP contribution in [0, 0.1) is 0 Å². The molecule has 42 heavy (non-hydrogen) atoms. The van der Waals surface area contributed by atoms with E-state index in [1.807, 2.05) is 0 Å². The second-order valence-electron chi connectivity index (χ2n) is 10.6. The maximum Gasteiger partial charge on any atom is 0.197 e. The Morgan fingerprint density at radius 3 is 1.07 bits per heavy atom. The van der Waals surface area contributed by atoms with Crippen LogP contribution < -0.4 is 0 Å². The van der Waals surface area contributed by atoms with E-state index in [2.05, 4.69) is 0 Å². The fourth-order valence-corrected chi connectivity index (χ4v) is 9.56. The highest BCUT2D eigenvalue weighted by Crippen LogP contribution is 2.35. The average molecular weight is 612 g/mol. The highest BCUT2D eigenvalue weighted by molar-refractivity contribution is 6.73. The third-order valence-corrected chi connectivity index (χ3v) is 12.7.